The fraction of sp³-hybridized carbons (Fsp3) is 0.632. The first-order chi connectivity index (χ1) is 15.5. The molecule has 1 aromatic heterocycles. The summed E-state index contributed by atoms with van der Waals surface area (Å²) in [4.78, 5) is 62.5. The highest BCUT2D eigenvalue weighted by Gasteiger charge is 2.40. The predicted molar refractivity (Wildman–Crippen MR) is 113 cm³/mol. The molecule has 0 unspecified atom stereocenters. The van der Waals surface area contributed by atoms with Crippen LogP contribution in [0.4, 0.5) is 0 Å². The fourth-order valence-electron chi connectivity index (χ4n) is 3.85. The molecule has 0 spiro atoms. The van der Waals surface area contributed by atoms with Gasteiger partial charge in [0, 0.05) is 13.7 Å². The van der Waals surface area contributed by atoms with Gasteiger partial charge in [0.25, 0.3) is 11.8 Å². The molecule has 33 heavy (non-hydrogen) atoms. The summed E-state index contributed by atoms with van der Waals surface area (Å²) in [5, 5.41) is 10.1. The zero-order valence-corrected chi connectivity index (χ0v) is 18.8. The third-order valence-corrected chi connectivity index (χ3v) is 5.34. The van der Waals surface area contributed by atoms with Gasteiger partial charge in [0.2, 0.25) is 17.7 Å². The molecule has 1 saturated heterocycles. The Bertz CT molecular complexity index is 929. The number of aromatic nitrogens is 3. The highest BCUT2D eigenvalue weighted by molar-refractivity contribution is 6.03. The standard InChI is InChI=1S/C19H30N8O6/c1-9(2)6-11(16(20)29)23-19(32)12-7-10(4-5-26(12)13(28)8-33-3)27-15(18(22)31)14(17(21)30)24-25-27/h9-12H,4-8H2,1-3H3,(H2,20,29)(H2,21,30)(H2,22,31)(H,23,32)/t10-,11+,12+/m0/s1. The average molecular weight is 466 g/mol. The minimum atomic E-state index is -1.03. The van der Waals surface area contributed by atoms with E-state index in [1.807, 2.05) is 13.8 Å². The lowest BCUT2D eigenvalue weighted by Gasteiger charge is -2.39. The Labute approximate surface area is 190 Å². The van der Waals surface area contributed by atoms with E-state index in [1.54, 1.807) is 0 Å². The van der Waals surface area contributed by atoms with Crippen LogP contribution in [0.5, 0.6) is 0 Å². The largest absolute Gasteiger partial charge is 0.375 e. The average Bonchev–Trinajstić information content (AvgIpc) is 3.18. The number of nitrogens with two attached hydrogens (primary N) is 3. The molecule has 1 aromatic rings. The number of primary amides is 3. The van der Waals surface area contributed by atoms with Gasteiger partial charge < -0.3 is 32.2 Å². The molecular formula is C19H30N8O6. The molecule has 0 aliphatic carbocycles. The number of carbonyl (C=O) groups is 5. The van der Waals surface area contributed by atoms with Gasteiger partial charge in [-0.1, -0.05) is 19.1 Å². The SMILES string of the molecule is COCC(=O)N1CC[C@H](n2nnc(C(N)=O)c2C(N)=O)C[C@@H]1C(=O)N[C@H](CC(C)C)C(N)=O. The van der Waals surface area contributed by atoms with Crippen LogP contribution in [0.1, 0.15) is 60.1 Å². The summed E-state index contributed by atoms with van der Waals surface area (Å²) in [6, 6.07) is -2.55. The zero-order chi connectivity index (χ0) is 24.9. The molecule has 0 radical (unpaired) electrons. The van der Waals surface area contributed by atoms with Crippen molar-refractivity contribution in [1.29, 1.82) is 0 Å². The van der Waals surface area contributed by atoms with Crippen LogP contribution in [-0.4, -0.2) is 81.8 Å². The van der Waals surface area contributed by atoms with Crippen molar-refractivity contribution in [3.8, 4) is 0 Å². The summed E-state index contributed by atoms with van der Waals surface area (Å²) in [7, 11) is 1.35. The quantitative estimate of drug-likeness (QED) is 0.292. The monoisotopic (exact) mass is 466 g/mol. The van der Waals surface area contributed by atoms with Crippen molar-refractivity contribution in [2.24, 2.45) is 23.1 Å². The van der Waals surface area contributed by atoms with Crippen LogP contribution < -0.4 is 22.5 Å². The fourth-order valence-corrected chi connectivity index (χ4v) is 3.85. The van der Waals surface area contributed by atoms with Crippen molar-refractivity contribution < 1.29 is 28.7 Å². The van der Waals surface area contributed by atoms with Gasteiger partial charge in [0.05, 0.1) is 6.04 Å². The van der Waals surface area contributed by atoms with Crippen molar-refractivity contribution in [1.82, 2.24) is 25.2 Å². The summed E-state index contributed by atoms with van der Waals surface area (Å²) in [6.07, 6.45) is 0.614. The molecule has 14 nitrogen and oxygen atoms in total. The van der Waals surface area contributed by atoms with Crippen LogP contribution in [0, 0.1) is 5.92 Å². The Hall–Kier alpha value is -3.55. The smallest absolute Gasteiger partial charge is 0.271 e. The molecule has 14 heteroatoms. The van der Waals surface area contributed by atoms with E-state index < -0.39 is 47.7 Å². The molecule has 1 aliphatic heterocycles. The lowest BCUT2D eigenvalue weighted by atomic mass is 9.95. The van der Waals surface area contributed by atoms with E-state index in [-0.39, 0.29) is 43.3 Å². The second-order valence-electron chi connectivity index (χ2n) is 8.27. The maximum atomic E-state index is 13.2. The molecule has 0 bridgehead atoms. The molecule has 182 valence electrons. The molecule has 1 fully saturated rings. The Balaban J connectivity index is 2.37. The topological polar surface area (TPSA) is 219 Å². The van der Waals surface area contributed by atoms with Gasteiger partial charge in [-0.25, -0.2) is 4.68 Å². The van der Waals surface area contributed by atoms with E-state index >= 15 is 0 Å². The number of hydrogen-bond acceptors (Lipinski definition) is 8. The van der Waals surface area contributed by atoms with E-state index in [1.165, 1.54) is 12.0 Å². The maximum absolute atomic E-state index is 13.2. The van der Waals surface area contributed by atoms with Gasteiger partial charge in [-0.15, -0.1) is 5.10 Å². The van der Waals surface area contributed by atoms with Crippen molar-refractivity contribution in [3.05, 3.63) is 11.4 Å². The van der Waals surface area contributed by atoms with Crippen LogP contribution >= 0.6 is 0 Å². The Morgan fingerprint density at radius 1 is 1.15 bits per heavy atom. The molecule has 7 N–H and O–H groups in total. The summed E-state index contributed by atoms with van der Waals surface area (Å²) in [5.41, 5.74) is 15.4. The van der Waals surface area contributed by atoms with Crippen molar-refractivity contribution in [2.45, 2.75) is 51.2 Å². The van der Waals surface area contributed by atoms with Gasteiger partial charge in [0.15, 0.2) is 11.4 Å². The summed E-state index contributed by atoms with van der Waals surface area (Å²) in [5.74, 6) is -3.58. The molecule has 1 aliphatic rings. The number of likely N-dealkylation sites (tertiary alicyclic amines) is 1. The van der Waals surface area contributed by atoms with E-state index in [4.69, 9.17) is 21.9 Å². The Morgan fingerprint density at radius 3 is 2.33 bits per heavy atom. The zero-order valence-electron chi connectivity index (χ0n) is 18.8. The van der Waals surface area contributed by atoms with E-state index in [9.17, 15) is 24.0 Å². The first kappa shape index (κ1) is 25.7. The van der Waals surface area contributed by atoms with E-state index in [2.05, 4.69) is 15.6 Å². The minimum Gasteiger partial charge on any atom is -0.375 e. The maximum Gasteiger partial charge on any atom is 0.271 e. The van der Waals surface area contributed by atoms with E-state index in [0.717, 1.165) is 4.68 Å². The number of amides is 5. The number of methoxy groups -OCH3 is 1. The highest BCUT2D eigenvalue weighted by Crippen LogP contribution is 2.29. The molecule has 0 saturated carbocycles. The van der Waals surface area contributed by atoms with Gasteiger partial charge in [0.1, 0.15) is 18.7 Å². The summed E-state index contributed by atoms with van der Waals surface area (Å²) in [6.45, 7) is 3.61. The molecule has 5 amide bonds. The van der Waals surface area contributed by atoms with Gasteiger partial charge in [-0.05, 0) is 25.2 Å². The first-order valence-electron chi connectivity index (χ1n) is 10.4. The molecular weight excluding hydrogens is 436 g/mol. The third kappa shape index (κ3) is 6.03. The minimum absolute atomic E-state index is 0.0102. The lowest BCUT2D eigenvalue weighted by molar-refractivity contribution is -0.146. The van der Waals surface area contributed by atoms with Gasteiger partial charge in [-0.3, -0.25) is 24.0 Å². The molecule has 3 atom stereocenters. The second-order valence-corrected chi connectivity index (χ2v) is 8.27. The van der Waals surface area contributed by atoms with Crippen LogP contribution in [0.15, 0.2) is 0 Å². The van der Waals surface area contributed by atoms with Gasteiger partial charge in [-0.2, -0.15) is 0 Å². The summed E-state index contributed by atoms with van der Waals surface area (Å²) >= 11 is 0. The second kappa shape index (κ2) is 10.8. The van der Waals surface area contributed by atoms with Crippen molar-refractivity contribution >= 4 is 29.5 Å². The normalized spacial score (nSPS) is 19.2. The number of rotatable bonds is 10. The Kier molecular flexibility index (Phi) is 8.45. The van der Waals surface area contributed by atoms with Gasteiger partial charge >= 0.3 is 0 Å². The number of ether oxygens (including phenoxy) is 1. The number of hydrogen-bond donors (Lipinski definition) is 4. The number of carbonyl (C=O) groups excluding carboxylic acids is 5. The summed E-state index contributed by atoms with van der Waals surface area (Å²) < 4.78 is 6.06. The molecule has 2 rings (SSSR count). The Morgan fingerprint density at radius 2 is 1.82 bits per heavy atom. The van der Waals surface area contributed by atoms with E-state index in [0.29, 0.717) is 6.42 Å². The molecule has 2 heterocycles. The van der Waals surface area contributed by atoms with Crippen LogP contribution in [0.25, 0.3) is 0 Å². The van der Waals surface area contributed by atoms with Crippen molar-refractivity contribution in [2.75, 3.05) is 20.3 Å². The predicted octanol–water partition coefficient (Wildman–Crippen LogP) is -2.33. The van der Waals surface area contributed by atoms with Crippen LogP contribution in [0.3, 0.4) is 0 Å². The van der Waals surface area contributed by atoms with Crippen LogP contribution in [-0.2, 0) is 19.1 Å². The lowest BCUT2D eigenvalue weighted by Crippen LogP contribution is -2.57. The third-order valence-electron chi connectivity index (χ3n) is 5.34. The number of nitrogens with zero attached hydrogens (tertiary/aromatic N) is 4. The van der Waals surface area contributed by atoms with Crippen LogP contribution in [0.2, 0.25) is 0 Å². The molecule has 0 aromatic carbocycles. The highest BCUT2D eigenvalue weighted by atomic mass is 16.5. The first-order valence-corrected chi connectivity index (χ1v) is 10.4. The number of piperidine rings is 1. The number of nitrogens with one attached hydrogen (secondary N) is 1. The van der Waals surface area contributed by atoms with Crippen molar-refractivity contribution in [3.63, 3.8) is 0 Å².